The molecule has 0 amide bonds. The van der Waals surface area contributed by atoms with E-state index in [-0.39, 0.29) is 0 Å². The molecular formula is C8H13N3S. The van der Waals surface area contributed by atoms with E-state index in [2.05, 4.69) is 28.5 Å². The van der Waals surface area contributed by atoms with E-state index in [0.717, 1.165) is 5.13 Å². The number of hydrogen-bond donors (Lipinski definition) is 1. The van der Waals surface area contributed by atoms with Crippen LogP contribution in [-0.4, -0.2) is 15.4 Å². The van der Waals surface area contributed by atoms with Crippen LogP contribution in [0.2, 0.25) is 0 Å². The van der Waals surface area contributed by atoms with E-state index in [4.69, 9.17) is 0 Å². The minimum absolute atomic E-state index is 0.506. The molecule has 2 atom stereocenters. The Kier molecular flexibility index (Phi) is 1.79. The van der Waals surface area contributed by atoms with Crippen LogP contribution in [0.4, 0.5) is 5.13 Å². The predicted molar refractivity (Wildman–Crippen MR) is 50.3 cm³/mol. The molecule has 0 saturated heterocycles. The first-order chi connectivity index (χ1) is 5.74. The van der Waals surface area contributed by atoms with Gasteiger partial charge in [0.25, 0.3) is 0 Å². The van der Waals surface area contributed by atoms with Crippen molar-refractivity contribution < 1.29 is 0 Å². The Bertz CT molecular complexity index is 259. The second kappa shape index (κ2) is 2.69. The topological polar surface area (TPSA) is 37.8 Å². The molecule has 66 valence electrons. The van der Waals surface area contributed by atoms with Crippen molar-refractivity contribution in [2.45, 2.75) is 32.7 Å². The quantitative estimate of drug-likeness (QED) is 0.780. The molecular weight excluding hydrogens is 170 g/mol. The standard InChI is InChI=1S/C8H13N3S/c1-3-8(2)4-6(8)11-7-9-5-10-12-7/h5-6H,3-4H2,1-2H3,(H,9,10,11). The van der Waals surface area contributed by atoms with Gasteiger partial charge in [0.1, 0.15) is 6.33 Å². The summed E-state index contributed by atoms with van der Waals surface area (Å²) in [4.78, 5) is 4.09. The first-order valence-electron chi connectivity index (χ1n) is 4.28. The summed E-state index contributed by atoms with van der Waals surface area (Å²) < 4.78 is 3.94. The fourth-order valence-electron chi connectivity index (χ4n) is 1.41. The van der Waals surface area contributed by atoms with Gasteiger partial charge in [0.15, 0.2) is 0 Å². The lowest BCUT2D eigenvalue weighted by atomic mass is 10.1. The maximum absolute atomic E-state index is 4.09. The molecule has 1 aromatic heterocycles. The van der Waals surface area contributed by atoms with Crippen LogP contribution in [-0.2, 0) is 0 Å². The Morgan fingerprint density at radius 2 is 2.67 bits per heavy atom. The summed E-state index contributed by atoms with van der Waals surface area (Å²) >= 11 is 1.43. The molecule has 1 saturated carbocycles. The highest BCUT2D eigenvalue weighted by Gasteiger charge is 2.48. The van der Waals surface area contributed by atoms with Crippen molar-refractivity contribution in [1.82, 2.24) is 9.36 Å². The molecule has 0 aromatic carbocycles. The van der Waals surface area contributed by atoms with Crippen molar-refractivity contribution in [3.8, 4) is 0 Å². The van der Waals surface area contributed by atoms with Crippen molar-refractivity contribution in [3.05, 3.63) is 6.33 Å². The van der Waals surface area contributed by atoms with Crippen molar-refractivity contribution in [1.29, 1.82) is 0 Å². The molecule has 1 aliphatic carbocycles. The molecule has 1 heterocycles. The van der Waals surface area contributed by atoms with Gasteiger partial charge in [-0.2, -0.15) is 4.37 Å². The van der Waals surface area contributed by atoms with Gasteiger partial charge in [0.05, 0.1) is 0 Å². The molecule has 1 fully saturated rings. The van der Waals surface area contributed by atoms with Gasteiger partial charge < -0.3 is 5.32 Å². The maximum Gasteiger partial charge on any atom is 0.202 e. The molecule has 2 rings (SSSR count). The van der Waals surface area contributed by atoms with Crippen molar-refractivity contribution >= 4 is 16.7 Å². The number of hydrogen-bond acceptors (Lipinski definition) is 4. The number of nitrogens with one attached hydrogen (secondary N) is 1. The summed E-state index contributed by atoms with van der Waals surface area (Å²) in [5.41, 5.74) is 0.506. The Hall–Kier alpha value is -0.640. The van der Waals surface area contributed by atoms with Crippen LogP contribution in [0.25, 0.3) is 0 Å². The van der Waals surface area contributed by atoms with Gasteiger partial charge in [-0.1, -0.05) is 13.8 Å². The van der Waals surface area contributed by atoms with Crippen molar-refractivity contribution in [2.75, 3.05) is 5.32 Å². The number of rotatable bonds is 3. The highest BCUT2D eigenvalue weighted by Crippen LogP contribution is 2.49. The third-order valence-electron chi connectivity index (χ3n) is 2.82. The summed E-state index contributed by atoms with van der Waals surface area (Å²) in [5, 5.41) is 4.34. The van der Waals surface area contributed by atoms with Crippen LogP contribution < -0.4 is 5.32 Å². The second-order valence-corrected chi connectivity index (χ2v) is 4.44. The predicted octanol–water partition coefficient (Wildman–Crippen LogP) is 2.14. The van der Waals surface area contributed by atoms with Gasteiger partial charge >= 0.3 is 0 Å². The Morgan fingerprint density at radius 3 is 3.17 bits per heavy atom. The van der Waals surface area contributed by atoms with Crippen LogP contribution in [0.15, 0.2) is 6.33 Å². The monoisotopic (exact) mass is 183 g/mol. The summed E-state index contributed by atoms with van der Waals surface area (Å²) in [5.74, 6) is 0. The number of anilines is 1. The molecule has 4 heteroatoms. The molecule has 3 nitrogen and oxygen atoms in total. The number of nitrogens with zero attached hydrogens (tertiary/aromatic N) is 2. The zero-order chi connectivity index (χ0) is 8.60. The first-order valence-corrected chi connectivity index (χ1v) is 5.05. The summed E-state index contributed by atoms with van der Waals surface area (Å²) in [6, 6.07) is 0.621. The summed E-state index contributed by atoms with van der Waals surface area (Å²) in [6.07, 6.45) is 4.10. The lowest BCUT2D eigenvalue weighted by Crippen LogP contribution is -2.09. The third kappa shape index (κ3) is 1.31. The van der Waals surface area contributed by atoms with Crippen LogP contribution >= 0.6 is 11.5 Å². The van der Waals surface area contributed by atoms with Crippen molar-refractivity contribution in [2.24, 2.45) is 5.41 Å². The van der Waals surface area contributed by atoms with Gasteiger partial charge in [-0.15, -0.1) is 0 Å². The van der Waals surface area contributed by atoms with E-state index in [9.17, 15) is 0 Å². The molecule has 0 spiro atoms. The van der Waals surface area contributed by atoms with E-state index in [1.54, 1.807) is 6.33 Å². The molecule has 1 aliphatic rings. The normalized spacial score (nSPS) is 33.3. The highest BCUT2D eigenvalue weighted by molar-refractivity contribution is 7.09. The van der Waals surface area contributed by atoms with Gasteiger partial charge in [-0.3, -0.25) is 0 Å². The lowest BCUT2D eigenvalue weighted by Gasteiger charge is -2.06. The fraction of sp³-hybridized carbons (Fsp3) is 0.750. The molecule has 2 unspecified atom stereocenters. The van der Waals surface area contributed by atoms with Gasteiger partial charge in [-0.25, -0.2) is 4.98 Å². The van der Waals surface area contributed by atoms with Crippen LogP contribution in [0.5, 0.6) is 0 Å². The number of aromatic nitrogens is 2. The summed E-state index contributed by atoms with van der Waals surface area (Å²) in [7, 11) is 0. The zero-order valence-electron chi connectivity index (χ0n) is 7.37. The maximum atomic E-state index is 4.09. The SMILES string of the molecule is CCC1(C)CC1Nc1ncns1. The summed E-state index contributed by atoms with van der Waals surface area (Å²) in [6.45, 7) is 4.55. The Labute approximate surface area is 76.4 Å². The molecule has 1 aromatic rings. The third-order valence-corrected chi connectivity index (χ3v) is 3.41. The van der Waals surface area contributed by atoms with E-state index in [0.29, 0.717) is 11.5 Å². The second-order valence-electron chi connectivity index (χ2n) is 3.66. The van der Waals surface area contributed by atoms with E-state index in [1.807, 2.05) is 0 Å². The molecule has 0 radical (unpaired) electrons. The largest absolute Gasteiger partial charge is 0.357 e. The molecule has 0 bridgehead atoms. The van der Waals surface area contributed by atoms with Crippen LogP contribution in [0.3, 0.4) is 0 Å². The minimum atomic E-state index is 0.506. The van der Waals surface area contributed by atoms with Gasteiger partial charge in [-0.05, 0) is 18.3 Å². The van der Waals surface area contributed by atoms with E-state index >= 15 is 0 Å². The molecule has 1 N–H and O–H groups in total. The zero-order valence-corrected chi connectivity index (χ0v) is 8.19. The molecule has 12 heavy (non-hydrogen) atoms. The molecule has 0 aliphatic heterocycles. The van der Waals surface area contributed by atoms with E-state index in [1.165, 1.54) is 24.4 Å². The van der Waals surface area contributed by atoms with Gasteiger partial charge in [0.2, 0.25) is 5.13 Å². The average Bonchev–Trinajstić information content (AvgIpc) is 2.52. The van der Waals surface area contributed by atoms with E-state index < -0.39 is 0 Å². The van der Waals surface area contributed by atoms with Crippen molar-refractivity contribution in [3.63, 3.8) is 0 Å². The van der Waals surface area contributed by atoms with Crippen LogP contribution in [0.1, 0.15) is 26.7 Å². The average molecular weight is 183 g/mol. The smallest absolute Gasteiger partial charge is 0.202 e. The Balaban J connectivity index is 1.92. The van der Waals surface area contributed by atoms with Crippen LogP contribution in [0, 0.1) is 5.41 Å². The lowest BCUT2D eigenvalue weighted by molar-refractivity contribution is 0.535. The fourth-order valence-corrected chi connectivity index (χ4v) is 1.89. The first kappa shape index (κ1) is 7.98. The Morgan fingerprint density at radius 1 is 1.83 bits per heavy atom. The minimum Gasteiger partial charge on any atom is -0.357 e. The highest BCUT2D eigenvalue weighted by atomic mass is 32.1. The van der Waals surface area contributed by atoms with Gasteiger partial charge in [0, 0.05) is 17.6 Å².